The third-order valence-corrected chi connectivity index (χ3v) is 4.99. The number of benzene rings is 2. The topological polar surface area (TPSA) is 86.1 Å². The van der Waals surface area contributed by atoms with Crippen molar-refractivity contribution in [3.63, 3.8) is 0 Å². The molecule has 148 valence electrons. The molecule has 0 unspecified atom stereocenters. The lowest BCUT2D eigenvalue weighted by Crippen LogP contribution is -2.15. The van der Waals surface area contributed by atoms with Gasteiger partial charge in [0.2, 0.25) is 0 Å². The Hall–Kier alpha value is -3.08. The summed E-state index contributed by atoms with van der Waals surface area (Å²) in [4.78, 5) is 3.32. The Morgan fingerprint density at radius 2 is 1.89 bits per heavy atom. The summed E-state index contributed by atoms with van der Waals surface area (Å²) < 4.78 is 72.6. The van der Waals surface area contributed by atoms with E-state index in [1.165, 1.54) is 24.8 Å². The average Bonchev–Trinajstić information content (AvgIpc) is 3.15. The Morgan fingerprint density at radius 1 is 1.11 bits per heavy atom. The minimum atomic E-state index is -4.64. The van der Waals surface area contributed by atoms with Crippen molar-refractivity contribution < 1.29 is 26.3 Å². The number of alkyl halides is 3. The van der Waals surface area contributed by atoms with Gasteiger partial charge in [-0.05, 0) is 30.3 Å². The lowest BCUT2D eigenvalue weighted by molar-refractivity contribution is -0.137. The number of halogens is 3. The smallest absolute Gasteiger partial charge is 0.416 e. The standard InChI is InChI=1S/C17H15F3N4O3S/c18-17(19,20)13-3-1-6-16(9-13)28(25,26)23-14-4-2-5-15(10-14)27-8-7-24-12-21-11-22-24/h1-6,9-12,23H,7-8H2. The Labute approximate surface area is 158 Å². The average molecular weight is 412 g/mol. The molecule has 0 atom stereocenters. The molecule has 0 aliphatic carbocycles. The van der Waals surface area contributed by atoms with E-state index in [1.54, 1.807) is 16.8 Å². The van der Waals surface area contributed by atoms with Gasteiger partial charge in [0.1, 0.15) is 25.0 Å². The second kappa shape index (κ2) is 7.89. The molecule has 7 nitrogen and oxygen atoms in total. The number of anilines is 1. The summed E-state index contributed by atoms with van der Waals surface area (Å²) in [5, 5.41) is 3.93. The van der Waals surface area contributed by atoms with Crippen LogP contribution in [-0.2, 0) is 22.7 Å². The second-order valence-corrected chi connectivity index (χ2v) is 7.35. The maximum Gasteiger partial charge on any atom is 0.416 e. The van der Waals surface area contributed by atoms with E-state index in [4.69, 9.17) is 4.74 Å². The zero-order valence-electron chi connectivity index (χ0n) is 14.3. The van der Waals surface area contributed by atoms with Gasteiger partial charge in [-0.3, -0.25) is 4.72 Å². The van der Waals surface area contributed by atoms with Crippen molar-refractivity contribution in [2.24, 2.45) is 0 Å². The fraction of sp³-hybridized carbons (Fsp3) is 0.176. The highest BCUT2D eigenvalue weighted by Crippen LogP contribution is 2.31. The van der Waals surface area contributed by atoms with E-state index in [0.29, 0.717) is 18.4 Å². The molecule has 1 N–H and O–H groups in total. The highest BCUT2D eigenvalue weighted by molar-refractivity contribution is 7.92. The summed E-state index contributed by atoms with van der Waals surface area (Å²) in [6.07, 6.45) is -1.71. The van der Waals surface area contributed by atoms with E-state index in [-0.39, 0.29) is 12.3 Å². The van der Waals surface area contributed by atoms with E-state index in [9.17, 15) is 21.6 Å². The minimum absolute atomic E-state index is 0.163. The first-order valence-corrected chi connectivity index (χ1v) is 9.48. The van der Waals surface area contributed by atoms with Gasteiger partial charge in [-0.2, -0.15) is 18.3 Å². The van der Waals surface area contributed by atoms with E-state index in [1.807, 2.05) is 0 Å². The van der Waals surface area contributed by atoms with Crippen molar-refractivity contribution in [3.8, 4) is 5.75 Å². The molecule has 0 fully saturated rings. The number of nitrogens with zero attached hydrogens (tertiary/aromatic N) is 3. The van der Waals surface area contributed by atoms with Gasteiger partial charge in [-0.25, -0.2) is 18.1 Å². The van der Waals surface area contributed by atoms with E-state index < -0.39 is 26.7 Å². The third-order valence-electron chi connectivity index (χ3n) is 3.61. The molecule has 3 aromatic rings. The maximum absolute atomic E-state index is 12.8. The molecule has 3 rings (SSSR count). The summed E-state index contributed by atoms with van der Waals surface area (Å²) in [5.41, 5.74) is -0.878. The highest BCUT2D eigenvalue weighted by atomic mass is 32.2. The van der Waals surface area contributed by atoms with Crippen LogP contribution in [0.25, 0.3) is 0 Å². The fourth-order valence-electron chi connectivity index (χ4n) is 2.31. The van der Waals surface area contributed by atoms with Crippen molar-refractivity contribution in [2.75, 3.05) is 11.3 Å². The van der Waals surface area contributed by atoms with Gasteiger partial charge in [0, 0.05) is 6.07 Å². The Morgan fingerprint density at radius 3 is 2.61 bits per heavy atom. The van der Waals surface area contributed by atoms with Gasteiger partial charge < -0.3 is 4.74 Å². The predicted octanol–water partition coefficient (Wildman–Crippen LogP) is 3.18. The molecule has 1 aromatic heterocycles. The van der Waals surface area contributed by atoms with E-state index in [2.05, 4.69) is 14.8 Å². The molecule has 2 aromatic carbocycles. The number of rotatable bonds is 7. The van der Waals surface area contributed by atoms with E-state index in [0.717, 1.165) is 18.2 Å². The normalized spacial score (nSPS) is 12.0. The first kappa shape index (κ1) is 19.7. The van der Waals surface area contributed by atoms with Crippen LogP contribution in [-0.4, -0.2) is 29.8 Å². The Balaban J connectivity index is 1.70. The number of sulfonamides is 1. The van der Waals surface area contributed by atoms with Crippen LogP contribution < -0.4 is 9.46 Å². The van der Waals surface area contributed by atoms with E-state index >= 15 is 0 Å². The largest absolute Gasteiger partial charge is 0.492 e. The SMILES string of the molecule is O=S(=O)(Nc1cccc(OCCn2cncn2)c1)c1cccc(C(F)(F)F)c1. The van der Waals surface area contributed by atoms with Crippen LogP contribution in [0, 0.1) is 0 Å². The minimum Gasteiger partial charge on any atom is -0.492 e. The lowest BCUT2D eigenvalue weighted by Gasteiger charge is -2.12. The Kier molecular flexibility index (Phi) is 5.54. The predicted molar refractivity (Wildman–Crippen MR) is 94.2 cm³/mol. The number of aromatic nitrogens is 3. The van der Waals surface area contributed by atoms with Crippen LogP contribution >= 0.6 is 0 Å². The van der Waals surface area contributed by atoms with Gasteiger partial charge in [-0.1, -0.05) is 12.1 Å². The molecule has 0 radical (unpaired) electrons. The second-order valence-electron chi connectivity index (χ2n) is 5.67. The monoisotopic (exact) mass is 412 g/mol. The summed E-state index contributed by atoms with van der Waals surface area (Å²) in [6, 6.07) is 9.63. The van der Waals surface area contributed by atoms with Gasteiger partial charge in [0.25, 0.3) is 10.0 Å². The lowest BCUT2D eigenvalue weighted by atomic mass is 10.2. The number of nitrogens with one attached hydrogen (secondary N) is 1. The molecule has 0 amide bonds. The quantitative estimate of drug-likeness (QED) is 0.644. The van der Waals surface area contributed by atoms with Crippen LogP contribution in [0.3, 0.4) is 0 Å². The molecule has 28 heavy (non-hydrogen) atoms. The van der Waals surface area contributed by atoms with Crippen LogP contribution in [0.4, 0.5) is 18.9 Å². The summed E-state index contributed by atoms with van der Waals surface area (Å²) in [6.45, 7) is 0.716. The van der Waals surface area contributed by atoms with Gasteiger partial charge in [0.15, 0.2) is 0 Å². The Bertz CT molecular complexity index is 1040. The molecule has 0 bridgehead atoms. The van der Waals surface area contributed by atoms with Crippen molar-refractivity contribution in [1.82, 2.24) is 14.8 Å². The zero-order chi connectivity index (χ0) is 20.2. The van der Waals surface area contributed by atoms with Crippen LogP contribution in [0.5, 0.6) is 5.75 Å². The van der Waals surface area contributed by atoms with Crippen LogP contribution in [0.2, 0.25) is 0 Å². The molecule has 11 heteroatoms. The van der Waals surface area contributed by atoms with Gasteiger partial charge in [-0.15, -0.1) is 0 Å². The van der Waals surface area contributed by atoms with Crippen molar-refractivity contribution in [3.05, 3.63) is 66.7 Å². The molecule has 0 aliphatic rings. The van der Waals surface area contributed by atoms with Crippen molar-refractivity contribution in [2.45, 2.75) is 17.6 Å². The number of hydrogen-bond acceptors (Lipinski definition) is 5. The number of ether oxygens (including phenoxy) is 1. The molecular weight excluding hydrogens is 397 g/mol. The first-order chi connectivity index (χ1) is 13.2. The van der Waals surface area contributed by atoms with Gasteiger partial charge in [0.05, 0.1) is 22.7 Å². The van der Waals surface area contributed by atoms with Crippen molar-refractivity contribution >= 4 is 15.7 Å². The fourth-order valence-corrected chi connectivity index (χ4v) is 3.40. The zero-order valence-corrected chi connectivity index (χ0v) is 15.1. The van der Waals surface area contributed by atoms with Gasteiger partial charge >= 0.3 is 6.18 Å². The molecule has 0 spiro atoms. The summed E-state index contributed by atoms with van der Waals surface area (Å²) in [5.74, 6) is 0.393. The summed E-state index contributed by atoms with van der Waals surface area (Å²) in [7, 11) is -4.20. The molecule has 0 aliphatic heterocycles. The van der Waals surface area contributed by atoms with Crippen molar-refractivity contribution in [1.29, 1.82) is 0 Å². The molecule has 0 saturated carbocycles. The van der Waals surface area contributed by atoms with Crippen LogP contribution in [0.15, 0.2) is 66.1 Å². The van der Waals surface area contributed by atoms with Crippen LogP contribution in [0.1, 0.15) is 5.56 Å². The first-order valence-electron chi connectivity index (χ1n) is 7.99. The number of hydrogen-bond donors (Lipinski definition) is 1. The third kappa shape index (κ3) is 5.00. The maximum atomic E-state index is 12.8. The highest BCUT2D eigenvalue weighted by Gasteiger charge is 2.31. The molecular formula is C17H15F3N4O3S. The summed E-state index contributed by atoms with van der Waals surface area (Å²) >= 11 is 0. The molecule has 1 heterocycles. The molecule has 0 saturated heterocycles.